The Morgan fingerprint density at radius 1 is 1.13 bits per heavy atom. The zero-order valence-electron chi connectivity index (χ0n) is 19.2. The molecule has 0 bridgehead atoms. The maximum Gasteiger partial charge on any atom is 0.126 e. The van der Waals surface area contributed by atoms with E-state index in [4.69, 9.17) is 0 Å². The molecule has 0 amide bonds. The number of hydrogen-bond acceptors (Lipinski definition) is 3. The first kappa shape index (κ1) is 23.8. The van der Waals surface area contributed by atoms with Gasteiger partial charge in [0.15, 0.2) is 0 Å². The average molecular weight is 431 g/mol. The van der Waals surface area contributed by atoms with E-state index >= 15 is 0 Å². The van der Waals surface area contributed by atoms with E-state index in [1.54, 1.807) is 0 Å². The second-order valence-electron chi connectivity index (χ2n) is 10.1. The molecule has 0 spiro atoms. The lowest BCUT2D eigenvalue weighted by Gasteiger charge is -2.43. The number of hydrogen-bond donors (Lipinski definition) is 2. The third-order valence-corrected chi connectivity index (χ3v) is 6.33. The van der Waals surface area contributed by atoms with Crippen LogP contribution in [-0.2, 0) is 17.4 Å². The van der Waals surface area contributed by atoms with E-state index in [-0.39, 0.29) is 11.0 Å². The Morgan fingerprint density at radius 3 is 2.48 bits per heavy atom. The molecule has 31 heavy (non-hydrogen) atoms. The highest BCUT2D eigenvalue weighted by Gasteiger charge is 2.36. The molecule has 1 fully saturated rings. The number of aliphatic hydroxyl groups excluding tert-OH is 1. The normalized spacial score (nSPS) is 21.3. The molecule has 1 aliphatic heterocycles. The van der Waals surface area contributed by atoms with Gasteiger partial charge >= 0.3 is 0 Å². The van der Waals surface area contributed by atoms with Crippen LogP contribution in [0.4, 0.5) is 8.78 Å². The number of nitrogens with zero attached hydrogens (tertiary/aromatic N) is 1. The lowest BCUT2D eigenvalue weighted by molar-refractivity contribution is 0.105. The first-order valence-corrected chi connectivity index (χ1v) is 11.2. The van der Waals surface area contributed by atoms with Crippen molar-refractivity contribution in [3.63, 3.8) is 0 Å². The number of nitrogens with one attached hydrogen (secondary N) is 1. The van der Waals surface area contributed by atoms with Crippen molar-refractivity contribution in [1.82, 2.24) is 10.2 Å². The van der Waals surface area contributed by atoms with Crippen molar-refractivity contribution in [2.24, 2.45) is 0 Å². The minimum absolute atomic E-state index is 0.0670. The number of aryl methyl sites for hydroxylation is 1. The Kier molecular flexibility index (Phi) is 7.51. The Labute approximate surface area is 185 Å². The molecule has 0 radical (unpaired) electrons. The number of likely N-dealkylation sites (N-methyl/N-ethyl adjacent to an activating group) is 1. The molecule has 0 aliphatic carbocycles. The second-order valence-corrected chi connectivity index (χ2v) is 10.1. The van der Waals surface area contributed by atoms with Crippen molar-refractivity contribution in [2.75, 3.05) is 26.7 Å². The monoisotopic (exact) mass is 430 g/mol. The minimum Gasteiger partial charge on any atom is -0.392 e. The van der Waals surface area contributed by atoms with Crippen molar-refractivity contribution in [3.8, 4) is 0 Å². The van der Waals surface area contributed by atoms with Gasteiger partial charge in [0.1, 0.15) is 11.6 Å². The van der Waals surface area contributed by atoms with Gasteiger partial charge in [-0.1, -0.05) is 45.0 Å². The Hall–Kier alpha value is -1.82. The summed E-state index contributed by atoms with van der Waals surface area (Å²) in [7, 11) is 2.14. The molecule has 1 saturated heterocycles. The maximum absolute atomic E-state index is 13.4. The summed E-state index contributed by atoms with van der Waals surface area (Å²) in [5.74, 6) is -1.16. The quantitative estimate of drug-likeness (QED) is 0.664. The van der Waals surface area contributed by atoms with Gasteiger partial charge in [0.25, 0.3) is 0 Å². The number of halogens is 2. The molecule has 3 nitrogen and oxygen atoms in total. The molecule has 3 rings (SSSR count). The molecule has 170 valence electrons. The van der Waals surface area contributed by atoms with Crippen LogP contribution in [0.1, 0.15) is 56.7 Å². The zero-order valence-corrected chi connectivity index (χ0v) is 19.2. The number of piperidine rings is 1. The summed E-state index contributed by atoms with van der Waals surface area (Å²) in [5, 5.41) is 14.3. The molecule has 5 heteroatoms. The molecule has 1 heterocycles. The van der Waals surface area contributed by atoms with E-state index in [1.165, 1.54) is 23.3 Å². The average Bonchev–Trinajstić information content (AvgIpc) is 2.69. The van der Waals surface area contributed by atoms with Crippen LogP contribution in [0.15, 0.2) is 42.5 Å². The fourth-order valence-electron chi connectivity index (χ4n) is 4.54. The standard InChI is InChI=1S/C26H36F2N2O/c1-25(2,3)20-7-5-8-21(15-20)26(11-6-12-30(4)18-26)29-17-24(31)10-9-19-13-22(27)16-23(28)14-19/h5,7-8,13-16,24,29,31H,6,9-12,17-18H2,1-4H3. The van der Waals surface area contributed by atoms with Crippen molar-refractivity contribution in [1.29, 1.82) is 0 Å². The fourth-order valence-corrected chi connectivity index (χ4v) is 4.54. The van der Waals surface area contributed by atoms with Gasteiger partial charge in [-0.3, -0.25) is 0 Å². The molecule has 2 aromatic rings. The van der Waals surface area contributed by atoms with Gasteiger partial charge in [0.2, 0.25) is 0 Å². The first-order chi connectivity index (χ1) is 14.6. The van der Waals surface area contributed by atoms with Crippen LogP contribution >= 0.6 is 0 Å². The largest absolute Gasteiger partial charge is 0.392 e. The highest BCUT2D eigenvalue weighted by molar-refractivity contribution is 5.34. The van der Waals surface area contributed by atoms with Crippen molar-refractivity contribution >= 4 is 0 Å². The summed E-state index contributed by atoms with van der Waals surface area (Å²) in [6.07, 6.45) is 2.38. The number of benzene rings is 2. The van der Waals surface area contributed by atoms with Crippen LogP contribution in [0.2, 0.25) is 0 Å². The van der Waals surface area contributed by atoms with Crippen LogP contribution < -0.4 is 5.32 Å². The van der Waals surface area contributed by atoms with E-state index in [1.807, 2.05) is 0 Å². The van der Waals surface area contributed by atoms with E-state index < -0.39 is 17.7 Å². The Bertz CT molecular complexity index is 860. The highest BCUT2D eigenvalue weighted by Crippen LogP contribution is 2.34. The Balaban J connectivity index is 1.71. The molecule has 0 aromatic heterocycles. The number of rotatable bonds is 7. The molecule has 0 saturated carbocycles. The molecule has 2 atom stereocenters. The minimum atomic E-state index is -0.596. The van der Waals surface area contributed by atoms with Gasteiger partial charge in [-0.15, -0.1) is 0 Å². The first-order valence-electron chi connectivity index (χ1n) is 11.2. The SMILES string of the molecule is CN1CCCC(NCC(O)CCc2cc(F)cc(F)c2)(c2cccc(C(C)(C)C)c2)C1. The van der Waals surface area contributed by atoms with Gasteiger partial charge in [-0.2, -0.15) is 0 Å². The van der Waals surface area contributed by atoms with Crippen LogP contribution in [0.3, 0.4) is 0 Å². The summed E-state index contributed by atoms with van der Waals surface area (Å²) in [6.45, 7) is 9.04. The van der Waals surface area contributed by atoms with Gasteiger partial charge in [0.05, 0.1) is 11.6 Å². The Morgan fingerprint density at radius 2 is 1.84 bits per heavy atom. The highest BCUT2D eigenvalue weighted by atomic mass is 19.1. The molecule has 2 N–H and O–H groups in total. The van der Waals surface area contributed by atoms with Crippen LogP contribution in [0, 0.1) is 11.6 Å². The fraction of sp³-hybridized carbons (Fsp3) is 0.538. The number of likely N-dealkylation sites (tertiary alicyclic amines) is 1. The summed E-state index contributed by atoms with van der Waals surface area (Å²) in [6, 6.07) is 12.3. The summed E-state index contributed by atoms with van der Waals surface area (Å²) in [4.78, 5) is 2.34. The molecule has 1 aliphatic rings. The summed E-state index contributed by atoms with van der Waals surface area (Å²) < 4.78 is 26.8. The molecule has 2 unspecified atom stereocenters. The van der Waals surface area contributed by atoms with Crippen molar-refractivity contribution in [3.05, 3.63) is 70.8 Å². The van der Waals surface area contributed by atoms with E-state index in [0.29, 0.717) is 24.9 Å². The van der Waals surface area contributed by atoms with Gasteiger partial charge in [0, 0.05) is 19.2 Å². The van der Waals surface area contributed by atoms with Gasteiger partial charge < -0.3 is 15.3 Å². The molecular weight excluding hydrogens is 394 g/mol. The third-order valence-electron chi connectivity index (χ3n) is 6.33. The third kappa shape index (κ3) is 6.34. The van der Waals surface area contributed by atoms with Gasteiger partial charge in [-0.05, 0) is 73.5 Å². The summed E-state index contributed by atoms with van der Waals surface area (Å²) >= 11 is 0. The maximum atomic E-state index is 13.4. The van der Waals surface area contributed by atoms with E-state index in [0.717, 1.165) is 32.0 Å². The van der Waals surface area contributed by atoms with Crippen molar-refractivity contribution in [2.45, 2.75) is 63.5 Å². The summed E-state index contributed by atoms with van der Waals surface area (Å²) in [5.41, 5.74) is 2.97. The van der Waals surface area contributed by atoms with E-state index in [2.05, 4.69) is 62.3 Å². The molecular formula is C26H36F2N2O. The number of aliphatic hydroxyl groups is 1. The predicted octanol–water partition coefficient (Wildman–Crippen LogP) is 4.77. The smallest absolute Gasteiger partial charge is 0.126 e. The topological polar surface area (TPSA) is 35.5 Å². The van der Waals surface area contributed by atoms with Crippen molar-refractivity contribution < 1.29 is 13.9 Å². The van der Waals surface area contributed by atoms with Crippen LogP contribution in [-0.4, -0.2) is 42.8 Å². The van der Waals surface area contributed by atoms with Gasteiger partial charge in [-0.25, -0.2) is 8.78 Å². The predicted molar refractivity (Wildman–Crippen MR) is 122 cm³/mol. The lowest BCUT2D eigenvalue weighted by atomic mass is 9.78. The molecule has 2 aromatic carbocycles. The zero-order chi connectivity index (χ0) is 22.6. The lowest BCUT2D eigenvalue weighted by Crippen LogP contribution is -2.55. The van der Waals surface area contributed by atoms with E-state index in [9.17, 15) is 13.9 Å². The van der Waals surface area contributed by atoms with Crippen LogP contribution in [0.25, 0.3) is 0 Å². The second kappa shape index (κ2) is 9.76. The van der Waals surface area contributed by atoms with Crippen LogP contribution in [0.5, 0.6) is 0 Å².